The summed E-state index contributed by atoms with van der Waals surface area (Å²) < 4.78 is 0. The van der Waals surface area contributed by atoms with Crippen molar-refractivity contribution in [1.82, 2.24) is 0 Å². The Balaban J connectivity index is 1.36. The van der Waals surface area contributed by atoms with E-state index in [-0.39, 0.29) is 0 Å². The van der Waals surface area contributed by atoms with Crippen LogP contribution < -0.4 is 11.1 Å². The molecule has 4 aliphatic carbocycles. The van der Waals surface area contributed by atoms with Gasteiger partial charge in [-0.3, -0.25) is 0 Å². The van der Waals surface area contributed by atoms with E-state index in [2.05, 4.69) is 18.3 Å². The zero-order valence-corrected chi connectivity index (χ0v) is 16.6. The summed E-state index contributed by atoms with van der Waals surface area (Å²) in [4.78, 5) is 0. The average molecular weight is 364 g/mol. The maximum absolute atomic E-state index is 9.22. The molecule has 5 atom stereocenters. The van der Waals surface area contributed by atoms with Crippen molar-refractivity contribution in [2.24, 2.45) is 34.5 Å². The summed E-state index contributed by atoms with van der Waals surface area (Å²) >= 11 is 0. The zero-order chi connectivity index (χ0) is 18.6. The van der Waals surface area contributed by atoms with E-state index in [9.17, 15) is 5.26 Å². The number of nitrogens with zero attached hydrogens (tertiary/aromatic N) is 1. The molecule has 4 aliphatic rings. The van der Waals surface area contributed by atoms with Gasteiger partial charge in [0.05, 0.1) is 23.0 Å². The number of nitriles is 1. The minimum absolute atomic E-state index is 0.343. The van der Waals surface area contributed by atoms with E-state index in [1.807, 2.05) is 12.1 Å². The van der Waals surface area contributed by atoms with Crippen molar-refractivity contribution in [3.05, 3.63) is 23.8 Å². The third-order valence-electron chi connectivity index (χ3n) is 8.74. The molecule has 4 fully saturated rings. The monoisotopic (exact) mass is 363 g/mol. The summed E-state index contributed by atoms with van der Waals surface area (Å²) in [5, 5.41) is 12.9. The molecule has 3 nitrogen and oxygen atoms in total. The lowest BCUT2D eigenvalue weighted by molar-refractivity contribution is 0.133. The van der Waals surface area contributed by atoms with Crippen molar-refractivity contribution in [3.8, 4) is 6.07 Å². The Bertz CT molecular complexity index is 774. The molecule has 0 radical (unpaired) electrons. The van der Waals surface area contributed by atoms with Gasteiger partial charge in [0, 0.05) is 6.54 Å². The molecule has 0 saturated heterocycles. The Morgan fingerprint density at radius 2 is 1.78 bits per heavy atom. The SMILES string of the molecule is CC1(CNc2cc(C#N)ccc2N)CC2CC2CCC2CC2CCC12CC2. The number of hydrogen-bond acceptors (Lipinski definition) is 3. The van der Waals surface area contributed by atoms with Gasteiger partial charge in [0.25, 0.3) is 0 Å². The van der Waals surface area contributed by atoms with Gasteiger partial charge in [0.1, 0.15) is 0 Å². The number of hydrogen-bond donors (Lipinski definition) is 2. The lowest BCUT2D eigenvalue weighted by Gasteiger charge is -2.40. The first kappa shape index (κ1) is 17.4. The van der Waals surface area contributed by atoms with Crippen LogP contribution in [0.25, 0.3) is 0 Å². The van der Waals surface area contributed by atoms with Crippen LogP contribution in [-0.4, -0.2) is 6.54 Å². The molecule has 5 rings (SSSR count). The number of nitrogens with one attached hydrogen (secondary N) is 1. The number of nitrogens with two attached hydrogens (primary N) is 1. The molecule has 144 valence electrons. The molecule has 4 saturated carbocycles. The number of anilines is 2. The van der Waals surface area contributed by atoms with Crippen molar-refractivity contribution in [3.63, 3.8) is 0 Å². The zero-order valence-electron chi connectivity index (χ0n) is 16.6. The number of rotatable bonds is 3. The van der Waals surface area contributed by atoms with Gasteiger partial charge in [0.15, 0.2) is 0 Å². The minimum atomic E-state index is 0.343. The second-order valence-corrected chi connectivity index (χ2v) is 10.4. The lowest BCUT2D eigenvalue weighted by atomic mass is 9.68. The largest absolute Gasteiger partial charge is 0.397 e. The first-order valence-electron chi connectivity index (χ1n) is 11.1. The van der Waals surface area contributed by atoms with E-state index in [4.69, 9.17) is 5.73 Å². The van der Waals surface area contributed by atoms with Gasteiger partial charge >= 0.3 is 0 Å². The Hall–Kier alpha value is -1.69. The maximum Gasteiger partial charge on any atom is 0.0992 e. The van der Waals surface area contributed by atoms with Crippen LogP contribution in [0.5, 0.6) is 0 Å². The van der Waals surface area contributed by atoms with Gasteiger partial charge in [-0.05, 0) is 110 Å². The average Bonchev–Trinajstić information content (AvgIpc) is 3.52. The van der Waals surface area contributed by atoms with Crippen LogP contribution >= 0.6 is 0 Å². The second-order valence-electron chi connectivity index (χ2n) is 10.4. The predicted molar refractivity (Wildman–Crippen MR) is 110 cm³/mol. The smallest absolute Gasteiger partial charge is 0.0992 e. The van der Waals surface area contributed by atoms with Crippen molar-refractivity contribution >= 4 is 11.4 Å². The molecule has 0 heterocycles. The van der Waals surface area contributed by atoms with E-state index < -0.39 is 0 Å². The number of fused-ring (bicyclic) bond motifs is 2. The molecule has 0 aromatic heterocycles. The Labute approximate surface area is 163 Å². The fraction of sp³-hybridized carbons (Fsp3) is 0.708. The van der Waals surface area contributed by atoms with E-state index in [0.717, 1.165) is 41.6 Å². The van der Waals surface area contributed by atoms with Crippen molar-refractivity contribution < 1.29 is 0 Å². The van der Waals surface area contributed by atoms with Crippen molar-refractivity contribution in [2.45, 2.75) is 64.7 Å². The quantitative estimate of drug-likeness (QED) is 0.690. The standard InChI is InChI=1S/C24H33N3/c1-23(15-27-22-10-16(14-25)2-5-21(22)26)13-20-12-18(20)4-3-17-11-19(17)6-7-24(23)8-9-24/h2,5,10,17-20,27H,3-4,6-9,11-13,15,26H2,1H3. The Morgan fingerprint density at radius 1 is 1.07 bits per heavy atom. The normalized spacial score (nSPS) is 38.7. The first-order chi connectivity index (χ1) is 13.0. The van der Waals surface area contributed by atoms with Gasteiger partial charge in [-0.15, -0.1) is 0 Å². The fourth-order valence-electron chi connectivity index (χ4n) is 6.25. The molecule has 3 heteroatoms. The Morgan fingerprint density at radius 3 is 2.52 bits per heavy atom. The van der Waals surface area contributed by atoms with Gasteiger partial charge in [-0.2, -0.15) is 5.26 Å². The molecule has 1 aromatic carbocycles. The van der Waals surface area contributed by atoms with Crippen molar-refractivity contribution in [1.29, 1.82) is 5.26 Å². The van der Waals surface area contributed by atoms with E-state index in [1.54, 1.807) is 6.07 Å². The summed E-state index contributed by atoms with van der Waals surface area (Å²) in [6, 6.07) is 7.82. The van der Waals surface area contributed by atoms with Gasteiger partial charge < -0.3 is 11.1 Å². The van der Waals surface area contributed by atoms with Crippen LogP contribution in [-0.2, 0) is 0 Å². The van der Waals surface area contributed by atoms with Gasteiger partial charge in [-0.1, -0.05) is 6.92 Å². The maximum atomic E-state index is 9.22. The number of nitrogen functional groups attached to an aromatic ring is 1. The first-order valence-corrected chi connectivity index (χ1v) is 11.1. The molecule has 27 heavy (non-hydrogen) atoms. The highest BCUT2D eigenvalue weighted by Crippen LogP contribution is 2.68. The summed E-state index contributed by atoms with van der Waals surface area (Å²) in [6.07, 6.45) is 13.1. The third-order valence-corrected chi connectivity index (χ3v) is 8.74. The molecule has 5 unspecified atom stereocenters. The third kappa shape index (κ3) is 3.22. The molecule has 1 spiro atoms. The predicted octanol–water partition coefficient (Wildman–Crippen LogP) is 5.58. The van der Waals surface area contributed by atoms with Crippen LogP contribution in [0.4, 0.5) is 11.4 Å². The molecule has 0 aliphatic heterocycles. The van der Waals surface area contributed by atoms with Crippen LogP contribution in [0.2, 0.25) is 0 Å². The fourth-order valence-corrected chi connectivity index (χ4v) is 6.25. The highest BCUT2D eigenvalue weighted by atomic mass is 14.9. The topological polar surface area (TPSA) is 61.8 Å². The molecule has 0 amide bonds. The van der Waals surface area contributed by atoms with E-state index >= 15 is 0 Å². The van der Waals surface area contributed by atoms with Gasteiger partial charge in [-0.25, -0.2) is 0 Å². The highest BCUT2D eigenvalue weighted by molar-refractivity contribution is 5.68. The van der Waals surface area contributed by atoms with Gasteiger partial charge in [0.2, 0.25) is 0 Å². The summed E-state index contributed by atoms with van der Waals surface area (Å²) in [5.41, 5.74) is 9.46. The molecule has 3 N–H and O–H groups in total. The molecular formula is C24H33N3. The molecule has 1 aromatic rings. The Kier molecular flexibility index (Phi) is 3.97. The molecule has 0 bridgehead atoms. The lowest BCUT2D eigenvalue weighted by Crippen LogP contribution is -2.37. The van der Waals surface area contributed by atoms with Crippen LogP contribution in [0.15, 0.2) is 18.2 Å². The van der Waals surface area contributed by atoms with Crippen LogP contribution in [0.1, 0.15) is 70.3 Å². The van der Waals surface area contributed by atoms with Crippen LogP contribution in [0.3, 0.4) is 0 Å². The number of benzene rings is 1. The van der Waals surface area contributed by atoms with Crippen LogP contribution in [0, 0.1) is 45.8 Å². The van der Waals surface area contributed by atoms with E-state index in [1.165, 1.54) is 57.8 Å². The minimum Gasteiger partial charge on any atom is -0.397 e. The van der Waals surface area contributed by atoms with Crippen molar-refractivity contribution in [2.75, 3.05) is 17.6 Å². The van der Waals surface area contributed by atoms with E-state index in [0.29, 0.717) is 16.4 Å². The molecular weight excluding hydrogens is 330 g/mol. The summed E-state index contributed by atoms with van der Waals surface area (Å²) in [6.45, 7) is 3.54. The highest BCUT2D eigenvalue weighted by Gasteiger charge is 2.59. The second kappa shape index (κ2) is 6.16. The summed E-state index contributed by atoms with van der Waals surface area (Å²) in [5.74, 6) is 4.06. The summed E-state index contributed by atoms with van der Waals surface area (Å²) in [7, 11) is 0.